The second-order valence-electron chi connectivity index (χ2n) is 5.27. The Morgan fingerprint density at radius 1 is 1.57 bits per heavy atom. The van der Waals surface area contributed by atoms with Crippen LogP contribution in [0.15, 0.2) is 18.2 Å². The fourth-order valence-corrected chi connectivity index (χ4v) is 2.71. The predicted octanol–water partition coefficient (Wildman–Crippen LogP) is 2.05. The Labute approximate surface area is 128 Å². The zero-order chi connectivity index (χ0) is 15.4. The van der Waals surface area contributed by atoms with E-state index in [0.717, 1.165) is 19.4 Å². The first-order valence-corrected chi connectivity index (χ1v) is 7.30. The van der Waals surface area contributed by atoms with Gasteiger partial charge in [-0.05, 0) is 31.9 Å². The van der Waals surface area contributed by atoms with Gasteiger partial charge in [-0.25, -0.2) is 0 Å². The molecule has 0 aliphatic carbocycles. The quantitative estimate of drug-likeness (QED) is 0.658. The number of benzene rings is 1. The van der Waals surface area contributed by atoms with Crippen molar-refractivity contribution in [2.75, 3.05) is 6.54 Å². The molecule has 0 bridgehead atoms. The Balaban J connectivity index is 1.97. The Hall–Kier alpha value is -1.66. The van der Waals surface area contributed by atoms with Gasteiger partial charge < -0.3 is 10.6 Å². The number of nitro benzene ring substituents is 1. The lowest BCUT2D eigenvalue weighted by Crippen LogP contribution is -2.52. The molecule has 1 aliphatic rings. The van der Waals surface area contributed by atoms with Crippen LogP contribution in [0.25, 0.3) is 0 Å². The van der Waals surface area contributed by atoms with Gasteiger partial charge in [0.2, 0.25) is 5.91 Å². The summed E-state index contributed by atoms with van der Waals surface area (Å²) in [5.41, 5.74) is 0.519. The Morgan fingerprint density at radius 3 is 2.95 bits per heavy atom. The number of carbonyl (C=O) groups excluding carboxylic acids is 1. The van der Waals surface area contributed by atoms with E-state index in [-0.39, 0.29) is 35.1 Å². The van der Waals surface area contributed by atoms with Gasteiger partial charge in [0, 0.05) is 24.2 Å². The van der Waals surface area contributed by atoms with Crippen LogP contribution in [0.4, 0.5) is 5.69 Å². The van der Waals surface area contributed by atoms with Gasteiger partial charge in [-0.1, -0.05) is 17.7 Å². The molecule has 0 aromatic heterocycles. The Morgan fingerprint density at radius 2 is 2.33 bits per heavy atom. The molecular formula is C14H18ClN3O3. The lowest BCUT2D eigenvalue weighted by molar-refractivity contribution is -0.384. The number of amides is 1. The molecule has 21 heavy (non-hydrogen) atoms. The predicted molar refractivity (Wildman–Crippen MR) is 80.4 cm³/mol. The molecule has 1 saturated heterocycles. The molecule has 2 rings (SSSR count). The summed E-state index contributed by atoms with van der Waals surface area (Å²) < 4.78 is 0. The van der Waals surface area contributed by atoms with Crippen molar-refractivity contribution in [1.82, 2.24) is 10.6 Å². The number of nitrogens with zero attached hydrogens (tertiary/aromatic N) is 1. The van der Waals surface area contributed by atoms with Crippen LogP contribution in [-0.4, -0.2) is 29.5 Å². The van der Waals surface area contributed by atoms with Crippen molar-refractivity contribution in [1.29, 1.82) is 0 Å². The maximum Gasteiger partial charge on any atom is 0.270 e. The molecule has 6 nitrogen and oxygen atoms in total. The van der Waals surface area contributed by atoms with Gasteiger partial charge >= 0.3 is 0 Å². The molecule has 7 heteroatoms. The summed E-state index contributed by atoms with van der Waals surface area (Å²) in [5.74, 6) is -0.119. The Kier molecular flexibility index (Phi) is 5.14. The lowest BCUT2D eigenvalue weighted by Gasteiger charge is -2.30. The number of hydrogen-bond donors (Lipinski definition) is 2. The number of hydrogen-bond acceptors (Lipinski definition) is 4. The number of piperidine rings is 1. The fourth-order valence-electron chi connectivity index (χ4n) is 2.47. The van der Waals surface area contributed by atoms with E-state index in [1.54, 1.807) is 0 Å². The summed E-state index contributed by atoms with van der Waals surface area (Å²) in [6.07, 6.45) is 2.11. The average Bonchev–Trinajstić information content (AvgIpc) is 2.43. The standard InChI is InChI=1S/C14H18ClN3O3/c1-9-13(3-2-6-16-9)17-14(19)7-10-4-5-11(18(20)21)8-12(10)15/h4-5,8-9,13,16H,2-3,6-7H2,1H3,(H,17,19). The highest BCUT2D eigenvalue weighted by atomic mass is 35.5. The third-order valence-corrected chi connectivity index (χ3v) is 4.06. The largest absolute Gasteiger partial charge is 0.352 e. The van der Waals surface area contributed by atoms with Crippen LogP contribution in [0, 0.1) is 10.1 Å². The molecule has 2 unspecified atom stereocenters. The van der Waals surface area contributed by atoms with E-state index in [2.05, 4.69) is 10.6 Å². The smallest absolute Gasteiger partial charge is 0.270 e. The van der Waals surface area contributed by atoms with Gasteiger partial charge in [-0.2, -0.15) is 0 Å². The summed E-state index contributed by atoms with van der Waals surface area (Å²) in [4.78, 5) is 22.2. The fraction of sp³-hybridized carbons (Fsp3) is 0.500. The SMILES string of the molecule is CC1NCCCC1NC(=O)Cc1ccc([N+](=O)[O-])cc1Cl. The topological polar surface area (TPSA) is 84.3 Å². The maximum absolute atomic E-state index is 12.1. The van der Waals surface area contributed by atoms with Crippen molar-refractivity contribution in [3.05, 3.63) is 38.9 Å². The first-order chi connectivity index (χ1) is 9.97. The van der Waals surface area contributed by atoms with Crippen molar-refractivity contribution in [3.8, 4) is 0 Å². The molecule has 0 saturated carbocycles. The Bertz CT molecular complexity index is 550. The van der Waals surface area contributed by atoms with E-state index in [1.165, 1.54) is 18.2 Å². The summed E-state index contributed by atoms with van der Waals surface area (Å²) in [6.45, 7) is 3.02. The van der Waals surface area contributed by atoms with Crippen molar-refractivity contribution < 1.29 is 9.72 Å². The van der Waals surface area contributed by atoms with Crippen molar-refractivity contribution >= 4 is 23.2 Å². The molecule has 2 atom stereocenters. The number of carbonyl (C=O) groups is 1. The third kappa shape index (κ3) is 4.15. The summed E-state index contributed by atoms with van der Waals surface area (Å²) in [5, 5.41) is 17.2. The minimum atomic E-state index is -0.509. The molecule has 114 valence electrons. The monoisotopic (exact) mass is 311 g/mol. The highest BCUT2D eigenvalue weighted by Gasteiger charge is 2.22. The molecule has 1 aromatic carbocycles. The first kappa shape index (κ1) is 15.7. The van der Waals surface area contributed by atoms with Crippen LogP contribution in [-0.2, 0) is 11.2 Å². The van der Waals surface area contributed by atoms with E-state index < -0.39 is 4.92 Å². The van der Waals surface area contributed by atoms with Crippen LogP contribution >= 0.6 is 11.6 Å². The molecule has 0 radical (unpaired) electrons. The van der Waals surface area contributed by atoms with Gasteiger partial charge in [-0.15, -0.1) is 0 Å². The third-order valence-electron chi connectivity index (χ3n) is 3.71. The minimum Gasteiger partial charge on any atom is -0.352 e. The van der Waals surface area contributed by atoms with E-state index in [9.17, 15) is 14.9 Å². The number of halogens is 1. The van der Waals surface area contributed by atoms with Crippen LogP contribution in [0.1, 0.15) is 25.3 Å². The van der Waals surface area contributed by atoms with E-state index >= 15 is 0 Å². The van der Waals surface area contributed by atoms with E-state index in [0.29, 0.717) is 5.56 Å². The summed E-state index contributed by atoms with van der Waals surface area (Å²) in [6, 6.07) is 4.52. The van der Waals surface area contributed by atoms with Crippen molar-refractivity contribution in [2.24, 2.45) is 0 Å². The minimum absolute atomic E-state index is 0.0748. The number of nitrogens with one attached hydrogen (secondary N) is 2. The van der Waals surface area contributed by atoms with E-state index in [4.69, 9.17) is 11.6 Å². The van der Waals surface area contributed by atoms with Crippen LogP contribution < -0.4 is 10.6 Å². The zero-order valence-corrected chi connectivity index (χ0v) is 12.5. The first-order valence-electron chi connectivity index (χ1n) is 6.93. The molecule has 1 aromatic rings. The highest BCUT2D eigenvalue weighted by molar-refractivity contribution is 6.31. The molecule has 2 N–H and O–H groups in total. The molecule has 1 heterocycles. The molecule has 0 spiro atoms. The van der Waals surface area contributed by atoms with Gasteiger partial charge in [0.05, 0.1) is 16.4 Å². The van der Waals surface area contributed by atoms with Gasteiger partial charge in [-0.3, -0.25) is 14.9 Å². The second-order valence-corrected chi connectivity index (χ2v) is 5.68. The summed E-state index contributed by atoms with van der Waals surface area (Å²) in [7, 11) is 0. The van der Waals surface area contributed by atoms with Gasteiger partial charge in [0.25, 0.3) is 5.69 Å². The second kappa shape index (κ2) is 6.87. The van der Waals surface area contributed by atoms with Gasteiger partial charge in [0.15, 0.2) is 0 Å². The summed E-state index contributed by atoms with van der Waals surface area (Å²) >= 11 is 5.99. The molecular weight excluding hydrogens is 294 g/mol. The van der Waals surface area contributed by atoms with Crippen molar-refractivity contribution in [3.63, 3.8) is 0 Å². The normalized spacial score (nSPS) is 21.8. The molecule has 1 amide bonds. The van der Waals surface area contributed by atoms with Crippen molar-refractivity contribution in [2.45, 2.75) is 38.3 Å². The van der Waals surface area contributed by atoms with Crippen LogP contribution in [0.5, 0.6) is 0 Å². The lowest BCUT2D eigenvalue weighted by atomic mass is 9.99. The van der Waals surface area contributed by atoms with Crippen LogP contribution in [0.3, 0.4) is 0 Å². The number of non-ortho nitro benzene ring substituents is 1. The number of rotatable bonds is 4. The maximum atomic E-state index is 12.1. The highest BCUT2D eigenvalue weighted by Crippen LogP contribution is 2.23. The average molecular weight is 312 g/mol. The molecule has 1 fully saturated rings. The van der Waals surface area contributed by atoms with Gasteiger partial charge in [0.1, 0.15) is 0 Å². The van der Waals surface area contributed by atoms with E-state index in [1.807, 2.05) is 6.92 Å². The van der Waals surface area contributed by atoms with Crippen LogP contribution in [0.2, 0.25) is 5.02 Å². The zero-order valence-electron chi connectivity index (χ0n) is 11.8. The molecule has 1 aliphatic heterocycles. The number of nitro groups is 1.